The molecule has 0 unspecified atom stereocenters. The Morgan fingerprint density at radius 2 is 1.57 bits per heavy atom. The third kappa shape index (κ3) is 3.84. The van der Waals surface area contributed by atoms with E-state index in [1.54, 1.807) is 66.7 Å². The lowest BCUT2D eigenvalue weighted by molar-refractivity contribution is -0.119. The van der Waals surface area contributed by atoms with Gasteiger partial charge in [0.2, 0.25) is 0 Å². The number of thioether (sulfide) groups is 1. The molecule has 4 rings (SSSR count). The van der Waals surface area contributed by atoms with E-state index in [9.17, 15) is 9.59 Å². The van der Waals surface area contributed by atoms with Gasteiger partial charge in [-0.2, -0.15) is 0 Å². The van der Waals surface area contributed by atoms with Crippen LogP contribution < -0.4 is 9.64 Å². The lowest BCUT2D eigenvalue weighted by Crippen LogP contribution is -2.31. The van der Waals surface area contributed by atoms with Crippen molar-refractivity contribution in [3.8, 4) is 5.75 Å². The van der Waals surface area contributed by atoms with Crippen molar-refractivity contribution >= 4 is 58.0 Å². The third-order valence-corrected chi connectivity index (χ3v) is 6.10. The van der Waals surface area contributed by atoms with Gasteiger partial charge in [-0.3, -0.25) is 9.59 Å². The van der Waals surface area contributed by atoms with Gasteiger partial charge in [-0.1, -0.05) is 59.2 Å². The zero-order valence-corrected chi connectivity index (χ0v) is 18.1. The van der Waals surface area contributed by atoms with Gasteiger partial charge in [-0.25, -0.2) is 4.90 Å². The molecule has 150 valence electrons. The summed E-state index contributed by atoms with van der Waals surface area (Å²) in [7, 11) is 1.53. The van der Waals surface area contributed by atoms with Gasteiger partial charge in [-0.15, -0.1) is 0 Å². The summed E-state index contributed by atoms with van der Waals surface area (Å²) in [5, 5.41) is 1.03. The Hall–Kier alpha value is -2.73. The van der Waals surface area contributed by atoms with E-state index in [4.69, 9.17) is 27.9 Å². The van der Waals surface area contributed by atoms with Crippen molar-refractivity contribution in [1.82, 2.24) is 0 Å². The molecule has 7 heteroatoms. The van der Waals surface area contributed by atoms with E-state index in [1.165, 1.54) is 18.9 Å². The summed E-state index contributed by atoms with van der Waals surface area (Å²) >= 11 is 13.3. The second-order valence-electron chi connectivity index (χ2n) is 6.39. The van der Waals surface area contributed by atoms with Crippen LogP contribution in [-0.4, -0.2) is 18.9 Å². The SMILES string of the molecule is COc1ccccc1C1=C(Sc2ccc(Cl)cc2)C(=O)N(c2cccc(Cl)c2)C1=O. The molecule has 0 aliphatic carbocycles. The van der Waals surface area contributed by atoms with Crippen molar-refractivity contribution in [1.29, 1.82) is 0 Å². The topological polar surface area (TPSA) is 46.6 Å². The number of hydrogen-bond acceptors (Lipinski definition) is 4. The first-order valence-corrected chi connectivity index (χ1v) is 10.5. The zero-order valence-electron chi connectivity index (χ0n) is 15.8. The predicted octanol–water partition coefficient (Wildman–Crippen LogP) is 6.08. The van der Waals surface area contributed by atoms with E-state index >= 15 is 0 Å². The molecule has 1 heterocycles. The first-order chi connectivity index (χ1) is 14.5. The number of ether oxygens (including phenoxy) is 1. The van der Waals surface area contributed by atoms with E-state index in [0.717, 1.165) is 9.80 Å². The molecule has 0 bridgehead atoms. The van der Waals surface area contributed by atoms with Crippen molar-refractivity contribution < 1.29 is 14.3 Å². The van der Waals surface area contributed by atoms with E-state index in [-0.39, 0.29) is 5.57 Å². The molecule has 3 aromatic carbocycles. The average Bonchev–Trinajstić information content (AvgIpc) is 2.99. The van der Waals surface area contributed by atoms with Gasteiger partial charge in [0.15, 0.2) is 0 Å². The number of hydrogen-bond donors (Lipinski definition) is 0. The number of anilines is 1. The fraction of sp³-hybridized carbons (Fsp3) is 0.0435. The number of para-hydroxylation sites is 1. The molecule has 30 heavy (non-hydrogen) atoms. The minimum absolute atomic E-state index is 0.289. The number of imide groups is 1. The van der Waals surface area contributed by atoms with Gasteiger partial charge in [0, 0.05) is 20.5 Å². The Labute approximate surface area is 188 Å². The number of halogens is 2. The van der Waals surface area contributed by atoms with E-state index in [2.05, 4.69) is 0 Å². The fourth-order valence-corrected chi connectivity index (χ4v) is 4.46. The van der Waals surface area contributed by atoms with Crippen LogP contribution >= 0.6 is 35.0 Å². The second-order valence-corrected chi connectivity index (χ2v) is 8.34. The number of rotatable bonds is 5. The molecular weight excluding hydrogens is 441 g/mol. The highest BCUT2D eigenvalue weighted by Crippen LogP contribution is 2.43. The molecule has 0 fully saturated rings. The molecule has 0 saturated carbocycles. The fourth-order valence-electron chi connectivity index (χ4n) is 3.16. The van der Waals surface area contributed by atoms with Gasteiger partial charge in [-0.05, 0) is 48.5 Å². The molecular formula is C23H15Cl2NO3S. The number of nitrogens with zero attached hydrogens (tertiary/aromatic N) is 1. The average molecular weight is 456 g/mol. The quantitative estimate of drug-likeness (QED) is 0.437. The zero-order chi connectivity index (χ0) is 21.3. The normalized spacial score (nSPS) is 13.9. The Morgan fingerprint density at radius 1 is 0.833 bits per heavy atom. The first kappa shape index (κ1) is 20.5. The molecule has 0 N–H and O–H groups in total. The second kappa shape index (κ2) is 8.56. The summed E-state index contributed by atoms with van der Waals surface area (Å²) in [6.07, 6.45) is 0. The Balaban J connectivity index is 1.86. The molecule has 0 aromatic heterocycles. The lowest BCUT2D eigenvalue weighted by atomic mass is 10.0. The summed E-state index contributed by atoms with van der Waals surface area (Å²) in [4.78, 5) is 29.1. The molecule has 3 aromatic rings. The van der Waals surface area contributed by atoms with Crippen LogP contribution in [-0.2, 0) is 9.59 Å². The van der Waals surface area contributed by atoms with Gasteiger partial charge in [0.05, 0.1) is 23.3 Å². The van der Waals surface area contributed by atoms with Crippen LogP contribution in [0.3, 0.4) is 0 Å². The van der Waals surface area contributed by atoms with Crippen LogP contribution in [0.4, 0.5) is 5.69 Å². The van der Waals surface area contributed by atoms with Crippen LogP contribution in [0.1, 0.15) is 5.56 Å². The number of carbonyl (C=O) groups excluding carboxylic acids is 2. The summed E-state index contributed by atoms with van der Waals surface area (Å²) < 4.78 is 5.45. The largest absolute Gasteiger partial charge is 0.496 e. The van der Waals surface area contributed by atoms with Crippen LogP contribution in [0.25, 0.3) is 5.57 Å². The van der Waals surface area contributed by atoms with Crippen molar-refractivity contribution in [2.75, 3.05) is 12.0 Å². The number of methoxy groups -OCH3 is 1. The highest BCUT2D eigenvalue weighted by Gasteiger charge is 2.41. The number of carbonyl (C=O) groups is 2. The number of benzene rings is 3. The molecule has 0 spiro atoms. The monoisotopic (exact) mass is 455 g/mol. The molecule has 4 nitrogen and oxygen atoms in total. The Kier molecular flexibility index (Phi) is 5.86. The maximum Gasteiger partial charge on any atom is 0.272 e. The molecule has 0 saturated heterocycles. The predicted molar refractivity (Wildman–Crippen MR) is 121 cm³/mol. The van der Waals surface area contributed by atoms with Crippen LogP contribution in [0.15, 0.2) is 82.6 Å². The molecule has 0 atom stereocenters. The van der Waals surface area contributed by atoms with Crippen molar-refractivity contribution in [2.24, 2.45) is 0 Å². The van der Waals surface area contributed by atoms with Crippen LogP contribution in [0, 0.1) is 0 Å². The highest BCUT2D eigenvalue weighted by atomic mass is 35.5. The number of amides is 2. The van der Waals surface area contributed by atoms with Crippen LogP contribution in [0.5, 0.6) is 5.75 Å². The van der Waals surface area contributed by atoms with Gasteiger partial charge < -0.3 is 4.74 Å². The van der Waals surface area contributed by atoms with E-state index in [0.29, 0.717) is 32.0 Å². The third-order valence-electron chi connectivity index (χ3n) is 4.52. The maximum atomic E-state index is 13.5. The van der Waals surface area contributed by atoms with E-state index < -0.39 is 11.8 Å². The summed E-state index contributed by atoms with van der Waals surface area (Å²) in [6.45, 7) is 0. The van der Waals surface area contributed by atoms with Crippen molar-refractivity contribution in [3.05, 3.63) is 93.3 Å². The van der Waals surface area contributed by atoms with Crippen molar-refractivity contribution in [3.63, 3.8) is 0 Å². The minimum Gasteiger partial charge on any atom is -0.496 e. The smallest absolute Gasteiger partial charge is 0.272 e. The minimum atomic E-state index is -0.428. The van der Waals surface area contributed by atoms with E-state index in [1.807, 2.05) is 6.07 Å². The van der Waals surface area contributed by atoms with Gasteiger partial charge >= 0.3 is 0 Å². The lowest BCUT2D eigenvalue weighted by Gasteiger charge is -2.15. The molecule has 2 amide bonds. The Morgan fingerprint density at radius 3 is 2.27 bits per heavy atom. The highest BCUT2D eigenvalue weighted by molar-refractivity contribution is 8.04. The maximum absolute atomic E-state index is 13.5. The molecule has 1 aliphatic rings. The van der Waals surface area contributed by atoms with Crippen LogP contribution in [0.2, 0.25) is 10.0 Å². The summed E-state index contributed by atoms with van der Waals surface area (Å²) in [6, 6.07) is 20.9. The van der Waals surface area contributed by atoms with Gasteiger partial charge in [0.1, 0.15) is 5.75 Å². The Bertz CT molecular complexity index is 1180. The van der Waals surface area contributed by atoms with Gasteiger partial charge in [0.25, 0.3) is 11.8 Å². The summed E-state index contributed by atoms with van der Waals surface area (Å²) in [5.41, 5.74) is 1.26. The first-order valence-electron chi connectivity index (χ1n) is 8.95. The standard InChI is InChI=1S/C23H15Cl2NO3S/c1-29-19-8-3-2-7-18(19)20-21(30-17-11-9-14(24)10-12-17)23(28)26(22(20)27)16-6-4-5-15(25)13-16/h2-13H,1H3. The molecule has 0 radical (unpaired) electrons. The summed E-state index contributed by atoms with van der Waals surface area (Å²) in [5.74, 6) is -0.331. The van der Waals surface area contributed by atoms with Crippen molar-refractivity contribution in [2.45, 2.75) is 4.90 Å². The molecule has 1 aliphatic heterocycles.